The maximum Gasteiger partial charge on any atom is 0.417 e. The van der Waals surface area contributed by atoms with Crippen molar-refractivity contribution in [3.63, 3.8) is 0 Å². The largest absolute Gasteiger partial charge is 0.465 e. The Morgan fingerprint density at radius 3 is 2.11 bits per heavy atom. The van der Waals surface area contributed by atoms with Crippen LogP contribution in [0.3, 0.4) is 0 Å². The van der Waals surface area contributed by atoms with Crippen LogP contribution in [0.1, 0.15) is 26.3 Å². The molecule has 0 aliphatic carbocycles. The van der Waals surface area contributed by atoms with Crippen LogP contribution in [0.15, 0.2) is 42.5 Å². The van der Waals surface area contributed by atoms with E-state index in [2.05, 4.69) is 10.1 Å². The molecule has 2 rings (SSSR count). The molecule has 0 spiro atoms. The van der Waals surface area contributed by atoms with Crippen molar-refractivity contribution in [2.24, 2.45) is 0 Å². The first-order chi connectivity index (χ1) is 13.1. The summed E-state index contributed by atoms with van der Waals surface area (Å²) in [6.07, 6.45) is -4.68. The second-order valence-electron chi connectivity index (χ2n) is 5.39. The number of ether oxygens (including phenoxy) is 2. The maximum atomic E-state index is 12.8. The third-order valence-corrected chi connectivity index (χ3v) is 3.76. The molecule has 0 aromatic heterocycles. The van der Waals surface area contributed by atoms with Gasteiger partial charge >= 0.3 is 18.1 Å². The second kappa shape index (κ2) is 8.75. The summed E-state index contributed by atoms with van der Waals surface area (Å²) in [5, 5.41) is 1.68. The van der Waals surface area contributed by atoms with E-state index in [0.717, 1.165) is 6.07 Å². The number of carbonyl (C=O) groups is 3. The summed E-state index contributed by atoms with van der Waals surface area (Å²) in [5.41, 5.74) is -0.957. The van der Waals surface area contributed by atoms with Crippen LogP contribution in [-0.2, 0) is 20.4 Å². The highest BCUT2D eigenvalue weighted by atomic mass is 35.5. The zero-order chi connectivity index (χ0) is 20.9. The summed E-state index contributed by atoms with van der Waals surface area (Å²) >= 11 is 5.50. The van der Waals surface area contributed by atoms with Crippen LogP contribution in [0, 0.1) is 0 Å². The molecule has 0 aliphatic rings. The predicted molar refractivity (Wildman–Crippen MR) is 93.1 cm³/mol. The first-order valence-corrected chi connectivity index (χ1v) is 8.01. The third-order valence-electron chi connectivity index (χ3n) is 3.43. The van der Waals surface area contributed by atoms with Crippen molar-refractivity contribution in [2.45, 2.75) is 6.18 Å². The average molecular weight is 416 g/mol. The van der Waals surface area contributed by atoms with Gasteiger partial charge in [0.05, 0.1) is 28.8 Å². The summed E-state index contributed by atoms with van der Waals surface area (Å²) in [7, 11) is 1.21. The predicted octanol–water partition coefficient (Wildman–Crippen LogP) is 3.94. The van der Waals surface area contributed by atoms with E-state index in [0.29, 0.717) is 6.07 Å². The Balaban J connectivity index is 1.95. The van der Waals surface area contributed by atoms with Gasteiger partial charge in [-0.1, -0.05) is 11.6 Å². The fraction of sp³-hybridized carbons (Fsp3) is 0.167. The van der Waals surface area contributed by atoms with Gasteiger partial charge in [0.1, 0.15) is 0 Å². The number of halogens is 4. The van der Waals surface area contributed by atoms with Crippen molar-refractivity contribution in [2.75, 3.05) is 19.0 Å². The van der Waals surface area contributed by atoms with E-state index in [1.165, 1.54) is 37.4 Å². The molecule has 0 heterocycles. The summed E-state index contributed by atoms with van der Waals surface area (Å²) in [6.45, 7) is -0.721. The van der Waals surface area contributed by atoms with Crippen LogP contribution >= 0.6 is 11.6 Å². The number of anilines is 1. The SMILES string of the molecule is COC(=O)c1ccc(C(=O)OCC(=O)Nc2ccc(Cl)c(C(F)(F)F)c2)cc1. The Bertz CT molecular complexity index is 897. The van der Waals surface area contributed by atoms with Crippen molar-refractivity contribution in [3.05, 3.63) is 64.2 Å². The Hall–Kier alpha value is -3.07. The van der Waals surface area contributed by atoms with E-state index >= 15 is 0 Å². The molecule has 0 atom stereocenters. The normalized spacial score (nSPS) is 10.9. The van der Waals surface area contributed by atoms with E-state index in [1.807, 2.05) is 0 Å². The lowest BCUT2D eigenvalue weighted by atomic mass is 10.1. The molecule has 1 amide bonds. The fourth-order valence-electron chi connectivity index (χ4n) is 2.09. The van der Waals surface area contributed by atoms with Gasteiger partial charge in [0.2, 0.25) is 0 Å². The van der Waals surface area contributed by atoms with Crippen molar-refractivity contribution < 1.29 is 37.0 Å². The van der Waals surface area contributed by atoms with Gasteiger partial charge in [-0.25, -0.2) is 9.59 Å². The standard InChI is InChI=1S/C18H13ClF3NO5/c1-27-16(25)10-2-4-11(5-3-10)17(26)28-9-15(24)23-12-6-7-14(19)13(8-12)18(20,21)22/h2-8H,9H2,1H3,(H,23,24). The minimum absolute atomic E-state index is 0.0753. The fourth-order valence-corrected chi connectivity index (χ4v) is 2.32. The number of benzene rings is 2. The lowest BCUT2D eigenvalue weighted by Crippen LogP contribution is -2.21. The minimum atomic E-state index is -4.68. The van der Waals surface area contributed by atoms with Gasteiger partial charge in [0, 0.05) is 5.69 Å². The van der Waals surface area contributed by atoms with Crippen LogP contribution < -0.4 is 5.32 Å². The van der Waals surface area contributed by atoms with Crippen LogP contribution in [0.4, 0.5) is 18.9 Å². The quantitative estimate of drug-likeness (QED) is 0.748. The average Bonchev–Trinajstić information content (AvgIpc) is 2.66. The van der Waals surface area contributed by atoms with Crippen molar-refractivity contribution in [1.29, 1.82) is 0 Å². The number of nitrogens with one attached hydrogen (secondary N) is 1. The first-order valence-electron chi connectivity index (χ1n) is 7.64. The Morgan fingerprint density at radius 2 is 1.57 bits per heavy atom. The summed E-state index contributed by atoms with van der Waals surface area (Å²) in [6, 6.07) is 8.15. The molecule has 0 aliphatic heterocycles. The van der Waals surface area contributed by atoms with E-state index in [1.54, 1.807) is 0 Å². The molecular weight excluding hydrogens is 403 g/mol. The van der Waals surface area contributed by atoms with Gasteiger partial charge in [-0.3, -0.25) is 4.79 Å². The van der Waals surface area contributed by atoms with E-state index in [9.17, 15) is 27.6 Å². The van der Waals surface area contributed by atoms with Crippen LogP contribution in [0.2, 0.25) is 5.02 Å². The topological polar surface area (TPSA) is 81.7 Å². The molecule has 0 unspecified atom stereocenters. The molecule has 0 radical (unpaired) electrons. The summed E-state index contributed by atoms with van der Waals surface area (Å²) in [4.78, 5) is 35.0. The lowest BCUT2D eigenvalue weighted by molar-refractivity contribution is -0.137. The highest BCUT2D eigenvalue weighted by Gasteiger charge is 2.33. The molecule has 6 nitrogen and oxygen atoms in total. The summed E-state index contributed by atoms with van der Waals surface area (Å²) in [5.74, 6) is -2.27. The van der Waals surface area contributed by atoms with Crippen LogP contribution in [0.5, 0.6) is 0 Å². The second-order valence-corrected chi connectivity index (χ2v) is 5.79. The molecular formula is C18H13ClF3NO5. The van der Waals surface area contributed by atoms with Crippen molar-refractivity contribution in [3.8, 4) is 0 Å². The van der Waals surface area contributed by atoms with Gasteiger partial charge in [-0.2, -0.15) is 13.2 Å². The van der Waals surface area contributed by atoms with Gasteiger partial charge in [-0.15, -0.1) is 0 Å². The number of esters is 2. The van der Waals surface area contributed by atoms with Crippen LogP contribution in [-0.4, -0.2) is 31.6 Å². The van der Waals surface area contributed by atoms with Crippen LogP contribution in [0.25, 0.3) is 0 Å². The molecule has 0 saturated carbocycles. The van der Waals surface area contributed by atoms with Gasteiger partial charge in [0.25, 0.3) is 5.91 Å². The molecule has 148 valence electrons. The lowest BCUT2D eigenvalue weighted by Gasteiger charge is -2.12. The van der Waals surface area contributed by atoms with E-state index in [4.69, 9.17) is 16.3 Å². The maximum absolute atomic E-state index is 12.8. The number of amides is 1. The highest BCUT2D eigenvalue weighted by Crippen LogP contribution is 2.36. The number of methoxy groups -OCH3 is 1. The number of carbonyl (C=O) groups excluding carboxylic acids is 3. The Kier molecular flexibility index (Phi) is 6.63. The Labute approximate surface area is 162 Å². The first kappa shape index (κ1) is 21.2. The number of rotatable bonds is 5. The molecule has 28 heavy (non-hydrogen) atoms. The minimum Gasteiger partial charge on any atom is -0.465 e. The van der Waals surface area contributed by atoms with Gasteiger partial charge in [-0.05, 0) is 42.5 Å². The van der Waals surface area contributed by atoms with E-state index in [-0.39, 0.29) is 16.8 Å². The molecule has 0 saturated heterocycles. The number of hydrogen-bond acceptors (Lipinski definition) is 5. The smallest absolute Gasteiger partial charge is 0.417 e. The molecule has 0 fully saturated rings. The Morgan fingerprint density at radius 1 is 1.00 bits per heavy atom. The van der Waals surface area contributed by atoms with Gasteiger partial charge in [0.15, 0.2) is 6.61 Å². The molecule has 2 aromatic rings. The van der Waals surface area contributed by atoms with Gasteiger partial charge < -0.3 is 14.8 Å². The molecule has 10 heteroatoms. The molecule has 1 N–H and O–H groups in total. The zero-order valence-electron chi connectivity index (χ0n) is 14.3. The number of alkyl halides is 3. The molecule has 0 bridgehead atoms. The molecule has 2 aromatic carbocycles. The highest BCUT2D eigenvalue weighted by molar-refractivity contribution is 6.31. The van der Waals surface area contributed by atoms with Crippen molar-refractivity contribution in [1.82, 2.24) is 0 Å². The monoisotopic (exact) mass is 415 g/mol. The summed E-state index contributed by atoms with van der Waals surface area (Å²) < 4.78 is 47.8. The number of hydrogen-bond donors (Lipinski definition) is 1. The van der Waals surface area contributed by atoms with Crippen molar-refractivity contribution >= 4 is 35.1 Å². The third kappa shape index (κ3) is 5.46. The van der Waals surface area contributed by atoms with E-state index < -0.39 is 41.2 Å². The zero-order valence-corrected chi connectivity index (χ0v) is 15.1.